The quantitative estimate of drug-likeness (QED) is 0.832. The van der Waals surface area contributed by atoms with Gasteiger partial charge in [-0.1, -0.05) is 0 Å². The van der Waals surface area contributed by atoms with Crippen LogP contribution >= 0.6 is 11.3 Å². The molecule has 1 unspecified atom stereocenters. The number of rotatable bonds is 6. The van der Waals surface area contributed by atoms with Crippen LogP contribution in [0, 0.1) is 6.92 Å². The van der Waals surface area contributed by atoms with Crippen molar-refractivity contribution in [2.24, 2.45) is 0 Å². The highest BCUT2D eigenvalue weighted by molar-refractivity contribution is 7.12. The van der Waals surface area contributed by atoms with Crippen molar-refractivity contribution in [2.45, 2.75) is 32.7 Å². The number of carbonyl (C=O) groups is 1. The summed E-state index contributed by atoms with van der Waals surface area (Å²) < 4.78 is 0. The molecule has 1 heterocycles. The minimum atomic E-state index is -0.715. The van der Waals surface area contributed by atoms with Crippen molar-refractivity contribution in [1.29, 1.82) is 0 Å². The Bertz CT molecular complexity index is 349. The van der Waals surface area contributed by atoms with E-state index in [1.54, 1.807) is 11.3 Å². The second-order valence-electron chi connectivity index (χ2n) is 4.10. The van der Waals surface area contributed by atoms with Gasteiger partial charge in [-0.05, 0) is 46.0 Å². The standard InChI is InChI=1S/C12H19NO2S/c1-9-6-7-11(16-9)10(2)13(3)8-4-5-12(14)15/h6-7,10H,4-5,8H2,1-3H3,(H,14,15). The smallest absolute Gasteiger partial charge is 0.303 e. The molecule has 0 saturated carbocycles. The van der Waals surface area contributed by atoms with Gasteiger partial charge in [0.2, 0.25) is 0 Å². The molecule has 0 saturated heterocycles. The van der Waals surface area contributed by atoms with Gasteiger partial charge < -0.3 is 5.11 Å². The van der Waals surface area contributed by atoms with Crippen molar-refractivity contribution in [3.8, 4) is 0 Å². The number of thiophene rings is 1. The van der Waals surface area contributed by atoms with Crippen LogP contribution in [0.1, 0.15) is 35.6 Å². The molecule has 0 aliphatic heterocycles. The first-order valence-electron chi connectivity index (χ1n) is 5.49. The van der Waals surface area contributed by atoms with E-state index in [0.29, 0.717) is 12.5 Å². The molecular weight excluding hydrogens is 222 g/mol. The first-order chi connectivity index (χ1) is 7.50. The molecule has 1 atom stereocenters. The molecule has 16 heavy (non-hydrogen) atoms. The molecule has 3 nitrogen and oxygen atoms in total. The molecule has 0 spiro atoms. The van der Waals surface area contributed by atoms with Crippen molar-refractivity contribution < 1.29 is 9.90 Å². The zero-order valence-electron chi connectivity index (χ0n) is 10.1. The molecule has 0 bridgehead atoms. The molecular formula is C12H19NO2S. The number of nitrogens with zero attached hydrogens (tertiary/aromatic N) is 1. The summed E-state index contributed by atoms with van der Waals surface area (Å²) in [5, 5.41) is 8.57. The van der Waals surface area contributed by atoms with Gasteiger partial charge in [0.05, 0.1) is 0 Å². The summed E-state index contributed by atoms with van der Waals surface area (Å²) in [4.78, 5) is 15.3. The number of carboxylic acid groups (broad SMARTS) is 1. The number of aryl methyl sites for hydroxylation is 1. The molecule has 1 aromatic heterocycles. The third kappa shape index (κ3) is 3.94. The van der Waals surface area contributed by atoms with Crippen LogP contribution in [0.3, 0.4) is 0 Å². The van der Waals surface area contributed by atoms with Gasteiger partial charge in [-0.2, -0.15) is 0 Å². The van der Waals surface area contributed by atoms with Crippen LogP contribution in [0.4, 0.5) is 0 Å². The largest absolute Gasteiger partial charge is 0.481 e. The SMILES string of the molecule is Cc1ccc(C(C)N(C)CCCC(=O)O)s1. The molecule has 0 fully saturated rings. The van der Waals surface area contributed by atoms with Crippen molar-refractivity contribution in [1.82, 2.24) is 4.90 Å². The Hall–Kier alpha value is -0.870. The molecule has 4 heteroatoms. The lowest BCUT2D eigenvalue weighted by Gasteiger charge is -2.23. The number of carboxylic acids is 1. The Balaban J connectivity index is 2.41. The van der Waals surface area contributed by atoms with E-state index in [4.69, 9.17) is 5.11 Å². The van der Waals surface area contributed by atoms with E-state index < -0.39 is 5.97 Å². The molecule has 1 rings (SSSR count). The summed E-state index contributed by atoms with van der Waals surface area (Å²) in [6.45, 7) is 5.09. The Kier molecular flexibility index (Phi) is 4.96. The van der Waals surface area contributed by atoms with E-state index in [1.165, 1.54) is 9.75 Å². The van der Waals surface area contributed by atoms with Gasteiger partial charge >= 0.3 is 5.97 Å². The number of hydrogen-bond donors (Lipinski definition) is 1. The molecule has 0 amide bonds. The first-order valence-corrected chi connectivity index (χ1v) is 6.30. The summed E-state index contributed by atoms with van der Waals surface area (Å²) in [6.07, 6.45) is 0.959. The fraction of sp³-hybridized carbons (Fsp3) is 0.583. The molecule has 1 N–H and O–H groups in total. The van der Waals surface area contributed by atoms with Gasteiger partial charge in [0, 0.05) is 22.2 Å². The summed E-state index contributed by atoms with van der Waals surface area (Å²) in [6, 6.07) is 4.65. The monoisotopic (exact) mass is 241 g/mol. The van der Waals surface area contributed by atoms with Gasteiger partial charge in [-0.25, -0.2) is 0 Å². The Morgan fingerprint density at radius 3 is 2.75 bits per heavy atom. The fourth-order valence-electron chi connectivity index (χ4n) is 1.57. The highest BCUT2D eigenvalue weighted by atomic mass is 32.1. The molecule has 90 valence electrons. The van der Waals surface area contributed by atoms with Crippen molar-refractivity contribution in [3.05, 3.63) is 21.9 Å². The van der Waals surface area contributed by atoms with Crippen LogP contribution in [0.25, 0.3) is 0 Å². The summed E-state index contributed by atoms with van der Waals surface area (Å²) in [7, 11) is 2.04. The third-order valence-corrected chi connectivity index (χ3v) is 3.91. The van der Waals surface area contributed by atoms with Crippen LogP contribution in [-0.4, -0.2) is 29.6 Å². The number of aliphatic carboxylic acids is 1. The van der Waals surface area contributed by atoms with Crippen molar-refractivity contribution in [3.63, 3.8) is 0 Å². The van der Waals surface area contributed by atoms with E-state index in [1.807, 2.05) is 7.05 Å². The molecule has 1 aromatic rings. The fourth-order valence-corrected chi connectivity index (χ4v) is 2.56. The predicted molar refractivity (Wildman–Crippen MR) is 67.0 cm³/mol. The van der Waals surface area contributed by atoms with Crippen LogP contribution in [-0.2, 0) is 4.79 Å². The maximum atomic E-state index is 10.4. The van der Waals surface area contributed by atoms with Gasteiger partial charge in [0.15, 0.2) is 0 Å². The van der Waals surface area contributed by atoms with Crippen LogP contribution < -0.4 is 0 Å². The zero-order chi connectivity index (χ0) is 12.1. The molecule has 0 aliphatic rings. The van der Waals surface area contributed by atoms with Gasteiger partial charge in [0.1, 0.15) is 0 Å². The van der Waals surface area contributed by atoms with Crippen LogP contribution in [0.15, 0.2) is 12.1 Å². The normalized spacial score (nSPS) is 13.0. The second-order valence-corrected chi connectivity index (χ2v) is 5.42. The maximum absolute atomic E-state index is 10.4. The average Bonchev–Trinajstić information content (AvgIpc) is 2.63. The summed E-state index contributed by atoms with van der Waals surface area (Å²) in [5.74, 6) is -0.715. The highest BCUT2D eigenvalue weighted by Gasteiger charge is 2.13. The van der Waals surface area contributed by atoms with Gasteiger partial charge in [-0.15, -0.1) is 11.3 Å². The van der Waals surface area contributed by atoms with Gasteiger partial charge in [-0.3, -0.25) is 9.69 Å². The first kappa shape index (κ1) is 13.2. The zero-order valence-corrected chi connectivity index (χ0v) is 10.9. The predicted octanol–water partition coefficient (Wildman–Crippen LogP) is 2.91. The minimum absolute atomic E-state index is 0.251. The lowest BCUT2D eigenvalue weighted by molar-refractivity contribution is -0.137. The third-order valence-electron chi connectivity index (χ3n) is 2.74. The molecule has 0 aromatic carbocycles. The van der Waals surface area contributed by atoms with Crippen LogP contribution in [0.5, 0.6) is 0 Å². The van der Waals surface area contributed by atoms with E-state index in [2.05, 4.69) is 30.9 Å². The highest BCUT2D eigenvalue weighted by Crippen LogP contribution is 2.26. The Morgan fingerprint density at radius 2 is 2.25 bits per heavy atom. The summed E-state index contributed by atoms with van der Waals surface area (Å²) >= 11 is 1.81. The minimum Gasteiger partial charge on any atom is -0.481 e. The van der Waals surface area contributed by atoms with E-state index in [0.717, 1.165) is 6.54 Å². The maximum Gasteiger partial charge on any atom is 0.303 e. The lowest BCUT2D eigenvalue weighted by atomic mass is 10.2. The number of hydrogen-bond acceptors (Lipinski definition) is 3. The lowest BCUT2D eigenvalue weighted by Crippen LogP contribution is -2.23. The van der Waals surface area contributed by atoms with Crippen LogP contribution in [0.2, 0.25) is 0 Å². The topological polar surface area (TPSA) is 40.5 Å². The van der Waals surface area contributed by atoms with E-state index >= 15 is 0 Å². The molecule has 0 aliphatic carbocycles. The van der Waals surface area contributed by atoms with Gasteiger partial charge in [0.25, 0.3) is 0 Å². The molecule has 0 radical (unpaired) electrons. The van der Waals surface area contributed by atoms with E-state index in [-0.39, 0.29) is 6.42 Å². The average molecular weight is 241 g/mol. The van der Waals surface area contributed by atoms with Crippen molar-refractivity contribution in [2.75, 3.05) is 13.6 Å². The summed E-state index contributed by atoms with van der Waals surface area (Å²) in [5.41, 5.74) is 0. The van der Waals surface area contributed by atoms with E-state index in [9.17, 15) is 4.79 Å². The Labute approximate surface area is 101 Å². The second kappa shape index (κ2) is 6.01. The van der Waals surface area contributed by atoms with Crippen molar-refractivity contribution >= 4 is 17.3 Å². The Morgan fingerprint density at radius 1 is 1.56 bits per heavy atom.